The summed E-state index contributed by atoms with van der Waals surface area (Å²) in [6.45, 7) is 7.31. The molecule has 52 valence electrons. The fraction of sp³-hybridized carbons (Fsp3) is 1.00. The number of fused-ring (bicyclic) bond motifs is 1. The second-order valence-electron chi connectivity index (χ2n) is 3.81. The number of hydrogen-bond donors (Lipinski definition) is 0. The molecule has 1 heteroatoms. The average molecular weight is 125 g/mol. The van der Waals surface area contributed by atoms with Crippen LogP contribution in [0.3, 0.4) is 0 Å². The molecule has 2 heterocycles. The van der Waals surface area contributed by atoms with Gasteiger partial charge in [0.25, 0.3) is 0 Å². The number of hydrogen-bond acceptors (Lipinski definition) is 1. The lowest BCUT2D eigenvalue weighted by Gasteiger charge is -2.38. The Hall–Kier alpha value is -0.0400. The first kappa shape index (κ1) is 5.72. The van der Waals surface area contributed by atoms with E-state index in [2.05, 4.69) is 18.7 Å². The van der Waals surface area contributed by atoms with Crippen molar-refractivity contribution in [2.24, 2.45) is 5.92 Å². The highest BCUT2D eigenvalue weighted by Gasteiger charge is 2.51. The normalized spacial score (nSPS) is 49.3. The van der Waals surface area contributed by atoms with Crippen LogP contribution in [-0.2, 0) is 0 Å². The quantitative estimate of drug-likeness (QED) is 0.513. The molecule has 0 N–H and O–H groups in total. The van der Waals surface area contributed by atoms with E-state index in [1.807, 2.05) is 0 Å². The van der Waals surface area contributed by atoms with E-state index in [1.165, 1.54) is 25.9 Å². The molecule has 0 atom stereocenters. The molecule has 2 saturated heterocycles. The van der Waals surface area contributed by atoms with Crippen molar-refractivity contribution >= 4 is 0 Å². The molecule has 0 spiro atoms. The van der Waals surface area contributed by atoms with Gasteiger partial charge in [-0.3, -0.25) is 4.90 Å². The van der Waals surface area contributed by atoms with Crippen molar-refractivity contribution in [1.29, 1.82) is 0 Å². The molecular formula is C8H15N. The Kier molecular flexibility index (Phi) is 0.963. The smallest absolute Gasteiger partial charge is 0.0187 e. The summed E-state index contributed by atoms with van der Waals surface area (Å²) >= 11 is 0. The highest BCUT2D eigenvalue weighted by atomic mass is 15.2. The molecular weight excluding hydrogens is 110 g/mol. The Balaban J connectivity index is 2.11. The van der Waals surface area contributed by atoms with Gasteiger partial charge < -0.3 is 0 Å². The molecule has 3 fully saturated rings. The predicted molar refractivity (Wildman–Crippen MR) is 38.4 cm³/mol. The molecule has 0 radical (unpaired) electrons. The van der Waals surface area contributed by atoms with Crippen LogP contribution in [-0.4, -0.2) is 23.5 Å². The van der Waals surface area contributed by atoms with Crippen LogP contribution in [0.4, 0.5) is 0 Å². The lowest BCUT2D eigenvalue weighted by molar-refractivity contribution is 0.135. The van der Waals surface area contributed by atoms with E-state index in [1.54, 1.807) is 0 Å². The van der Waals surface area contributed by atoms with E-state index in [-0.39, 0.29) is 0 Å². The van der Waals surface area contributed by atoms with E-state index in [9.17, 15) is 0 Å². The minimum absolute atomic E-state index is 0.638. The van der Waals surface area contributed by atoms with E-state index in [4.69, 9.17) is 0 Å². The van der Waals surface area contributed by atoms with Crippen LogP contribution in [0.2, 0.25) is 0 Å². The Morgan fingerprint density at radius 2 is 2.22 bits per heavy atom. The third-order valence-electron chi connectivity index (χ3n) is 3.08. The van der Waals surface area contributed by atoms with Crippen LogP contribution >= 0.6 is 0 Å². The zero-order valence-corrected chi connectivity index (χ0v) is 6.35. The molecule has 1 saturated carbocycles. The third kappa shape index (κ3) is 0.586. The molecule has 3 aliphatic rings. The molecule has 1 nitrogen and oxygen atoms in total. The summed E-state index contributed by atoms with van der Waals surface area (Å²) in [6, 6.07) is 0. The Bertz CT molecular complexity index is 125. The van der Waals surface area contributed by atoms with Gasteiger partial charge in [-0.05, 0) is 32.2 Å². The second-order valence-corrected chi connectivity index (χ2v) is 3.81. The molecule has 1 aliphatic carbocycles. The van der Waals surface area contributed by atoms with Gasteiger partial charge in [-0.15, -0.1) is 0 Å². The molecule has 0 aromatic rings. The zero-order chi connectivity index (χ0) is 6.48. The van der Waals surface area contributed by atoms with Gasteiger partial charge in [0.2, 0.25) is 0 Å². The first-order valence-electron chi connectivity index (χ1n) is 4.00. The lowest BCUT2D eigenvalue weighted by Crippen LogP contribution is -2.42. The van der Waals surface area contributed by atoms with Crippen LogP contribution in [0.25, 0.3) is 0 Å². The molecule has 3 rings (SSSR count). The van der Waals surface area contributed by atoms with Crippen molar-refractivity contribution in [2.45, 2.75) is 32.2 Å². The van der Waals surface area contributed by atoms with Gasteiger partial charge in [0.05, 0.1) is 0 Å². The molecule has 0 unspecified atom stereocenters. The molecule has 2 aliphatic heterocycles. The highest BCUT2D eigenvalue weighted by Crippen LogP contribution is 2.49. The van der Waals surface area contributed by atoms with Crippen molar-refractivity contribution in [3.8, 4) is 0 Å². The van der Waals surface area contributed by atoms with Gasteiger partial charge in [0, 0.05) is 12.1 Å². The average Bonchev–Trinajstić information content (AvgIpc) is 2.18. The maximum absolute atomic E-state index is 2.62. The monoisotopic (exact) mass is 125 g/mol. The summed E-state index contributed by atoms with van der Waals surface area (Å²) in [4.78, 5) is 2.62. The first-order valence-corrected chi connectivity index (χ1v) is 4.00. The maximum atomic E-state index is 2.62. The van der Waals surface area contributed by atoms with Gasteiger partial charge in [-0.1, -0.05) is 6.92 Å². The predicted octanol–water partition coefficient (Wildman–Crippen LogP) is 1.49. The minimum Gasteiger partial charge on any atom is -0.298 e. The molecule has 0 aromatic heterocycles. The van der Waals surface area contributed by atoms with Gasteiger partial charge in [-0.25, -0.2) is 0 Å². The van der Waals surface area contributed by atoms with Crippen LogP contribution in [0.1, 0.15) is 26.7 Å². The van der Waals surface area contributed by atoms with Crippen molar-refractivity contribution in [2.75, 3.05) is 13.1 Å². The highest BCUT2D eigenvalue weighted by molar-refractivity contribution is 5.06. The summed E-state index contributed by atoms with van der Waals surface area (Å²) in [5, 5.41) is 0. The fourth-order valence-electron chi connectivity index (χ4n) is 2.61. The maximum Gasteiger partial charge on any atom is 0.0187 e. The first-order chi connectivity index (χ1) is 4.24. The number of nitrogens with zero attached hydrogens (tertiary/aromatic N) is 1. The summed E-state index contributed by atoms with van der Waals surface area (Å²) in [5.41, 5.74) is 0.638. The van der Waals surface area contributed by atoms with Crippen LogP contribution in [0.5, 0.6) is 0 Å². The SMILES string of the molecule is CCN1CC2CC1(C)C2. The lowest BCUT2D eigenvalue weighted by atomic mass is 9.75. The summed E-state index contributed by atoms with van der Waals surface area (Å²) < 4.78 is 0. The Morgan fingerprint density at radius 3 is 2.44 bits per heavy atom. The second kappa shape index (κ2) is 1.51. The van der Waals surface area contributed by atoms with Gasteiger partial charge in [0.1, 0.15) is 0 Å². The van der Waals surface area contributed by atoms with Crippen molar-refractivity contribution < 1.29 is 0 Å². The third-order valence-corrected chi connectivity index (χ3v) is 3.08. The van der Waals surface area contributed by atoms with E-state index in [0.29, 0.717) is 5.54 Å². The van der Waals surface area contributed by atoms with Crippen molar-refractivity contribution in [1.82, 2.24) is 4.90 Å². The fourth-order valence-corrected chi connectivity index (χ4v) is 2.61. The van der Waals surface area contributed by atoms with Gasteiger partial charge in [0.15, 0.2) is 0 Å². The van der Waals surface area contributed by atoms with Crippen molar-refractivity contribution in [3.63, 3.8) is 0 Å². The van der Waals surface area contributed by atoms with E-state index < -0.39 is 0 Å². The summed E-state index contributed by atoms with van der Waals surface area (Å²) in [5.74, 6) is 1.06. The topological polar surface area (TPSA) is 3.24 Å². The number of rotatable bonds is 1. The van der Waals surface area contributed by atoms with E-state index in [0.717, 1.165) is 5.92 Å². The standard InChI is InChI=1S/C8H15N/c1-3-9-6-7-4-8(9,2)5-7/h7H,3-6H2,1-2H3. The Labute approximate surface area is 57.0 Å². The van der Waals surface area contributed by atoms with Crippen molar-refractivity contribution in [3.05, 3.63) is 0 Å². The molecule has 2 bridgehead atoms. The molecule has 0 amide bonds. The Morgan fingerprint density at radius 1 is 1.56 bits per heavy atom. The van der Waals surface area contributed by atoms with Crippen LogP contribution in [0.15, 0.2) is 0 Å². The van der Waals surface area contributed by atoms with Crippen LogP contribution in [0, 0.1) is 5.92 Å². The van der Waals surface area contributed by atoms with Gasteiger partial charge >= 0.3 is 0 Å². The summed E-state index contributed by atoms with van der Waals surface area (Å²) in [7, 11) is 0. The zero-order valence-electron chi connectivity index (χ0n) is 6.35. The molecule has 0 aromatic carbocycles. The van der Waals surface area contributed by atoms with E-state index >= 15 is 0 Å². The summed E-state index contributed by atoms with van der Waals surface area (Å²) in [6.07, 6.45) is 2.95. The minimum atomic E-state index is 0.638. The molecule has 9 heavy (non-hydrogen) atoms. The largest absolute Gasteiger partial charge is 0.298 e. The van der Waals surface area contributed by atoms with Gasteiger partial charge in [-0.2, -0.15) is 0 Å². The van der Waals surface area contributed by atoms with Crippen LogP contribution < -0.4 is 0 Å².